The van der Waals surface area contributed by atoms with E-state index in [2.05, 4.69) is 40.7 Å². The molecule has 0 saturated carbocycles. The highest BCUT2D eigenvalue weighted by molar-refractivity contribution is 7.16. The van der Waals surface area contributed by atoms with E-state index in [0.29, 0.717) is 12.4 Å². The number of furan rings is 1. The lowest BCUT2D eigenvalue weighted by Gasteiger charge is -2.36. The number of nitrogens with zero attached hydrogens (tertiary/aromatic N) is 1. The van der Waals surface area contributed by atoms with Gasteiger partial charge in [-0.3, -0.25) is 14.5 Å². The van der Waals surface area contributed by atoms with Crippen molar-refractivity contribution < 1.29 is 18.7 Å². The number of esters is 1. The molecule has 3 aromatic rings. The summed E-state index contributed by atoms with van der Waals surface area (Å²) in [5, 5.41) is 6.02. The zero-order valence-corrected chi connectivity index (χ0v) is 20.0. The molecule has 1 N–H and O–H groups in total. The normalized spacial score (nSPS) is 16.1. The average Bonchev–Trinajstić information content (AvgIpc) is 3.58. The van der Waals surface area contributed by atoms with Gasteiger partial charge in [0.15, 0.2) is 5.76 Å². The van der Waals surface area contributed by atoms with E-state index in [4.69, 9.17) is 9.15 Å². The lowest BCUT2D eigenvalue weighted by atomic mass is 9.94. The number of aryl methyl sites for hydroxylation is 1. The summed E-state index contributed by atoms with van der Waals surface area (Å²) in [5.41, 5.74) is 1.10. The standard InChI is InChI=1S/C24H28N2O4S2/c1-3-17-15-18(23(32-17)25-22(27)19-7-5-13-30-19)21(20-8-6-14-31-20)26-11-9-16(10-12-26)24(28)29-4-2/h5-8,13-16,21H,3-4,9-12H2,1-2H3,(H,25,27)/t21-/m1/s1. The highest BCUT2D eigenvalue weighted by Crippen LogP contribution is 2.42. The molecule has 0 radical (unpaired) electrons. The second-order valence-corrected chi connectivity index (χ2v) is 9.88. The number of hydrogen-bond donors (Lipinski definition) is 1. The van der Waals surface area contributed by atoms with Crippen molar-refractivity contribution in [1.29, 1.82) is 0 Å². The molecular weight excluding hydrogens is 444 g/mol. The SMILES string of the molecule is CCOC(=O)C1CCN([C@@H](c2cccs2)c2cc(CC)sc2NC(=O)c2ccco2)CC1. The first kappa shape index (κ1) is 22.8. The molecule has 3 aromatic heterocycles. The van der Waals surface area contributed by atoms with Crippen LogP contribution in [0.4, 0.5) is 5.00 Å². The molecule has 1 saturated heterocycles. The second-order valence-electron chi connectivity index (χ2n) is 7.76. The average molecular weight is 473 g/mol. The molecule has 170 valence electrons. The molecule has 1 atom stereocenters. The summed E-state index contributed by atoms with van der Waals surface area (Å²) in [5.74, 6) is -0.0750. The summed E-state index contributed by atoms with van der Waals surface area (Å²) in [6.07, 6.45) is 3.96. The zero-order valence-electron chi connectivity index (χ0n) is 18.3. The molecule has 4 rings (SSSR count). The first-order valence-electron chi connectivity index (χ1n) is 11.0. The Morgan fingerprint density at radius 3 is 2.69 bits per heavy atom. The van der Waals surface area contributed by atoms with Crippen molar-refractivity contribution >= 4 is 39.6 Å². The molecule has 0 bridgehead atoms. The smallest absolute Gasteiger partial charge is 0.309 e. The van der Waals surface area contributed by atoms with Gasteiger partial charge in [-0.15, -0.1) is 22.7 Å². The number of ether oxygens (including phenoxy) is 1. The molecule has 0 unspecified atom stereocenters. The maximum Gasteiger partial charge on any atom is 0.309 e. The van der Waals surface area contributed by atoms with Crippen LogP contribution in [0, 0.1) is 5.92 Å². The maximum atomic E-state index is 12.7. The van der Waals surface area contributed by atoms with Crippen LogP contribution in [0.25, 0.3) is 0 Å². The molecule has 0 aliphatic carbocycles. The predicted molar refractivity (Wildman–Crippen MR) is 127 cm³/mol. The Hall–Kier alpha value is -2.42. The Morgan fingerprint density at radius 1 is 1.25 bits per heavy atom. The lowest BCUT2D eigenvalue weighted by molar-refractivity contribution is -0.149. The third-order valence-corrected chi connectivity index (χ3v) is 7.89. The van der Waals surface area contributed by atoms with Gasteiger partial charge < -0.3 is 14.5 Å². The molecule has 6 nitrogen and oxygen atoms in total. The minimum absolute atomic E-state index is 0.0293. The molecule has 1 fully saturated rings. The summed E-state index contributed by atoms with van der Waals surface area (Å²) in [6, 6.07) is 9.83. The Kier molecular flexibility index (Phi) is 7.44. The van der Waals surface area contributed by atoms with Gasteiger partial charge in [0, 0.05) is 15.3 Å². The number of likely N-dealkylation sites (tertiary alicyclic amines) is 1. The molecule has 8 heteroatoms. The van der Waals surface area contributed by atoms with Gasteiger partial charge >= 0.3 is 5.97 Å². The van der Waals surface area contributed by atoms with Crippen molar-refractivity contribution in [1.82, 2.24) is 4.90 Å². The molecule has 0 aromatic carbocycles. The predicted octanol–water partition coefficient (Wildman–Crippen LogP) is 5.58. The summed E-state index contributed by atoms with van der Waals surface area (Å²) in [4.78, 5) is 29.8. The quantitative estimate of drug-likeness (QED) is 0.433. The first-order valence-corrected chi connectivity index (χ1v) is 12.7. The second kappa shape index (κ2) is 10.5. The highest BCUT2D eigenvalue weighted by atomic mass is 32.1. The third kappa shape index (κ3) is 4.98. The van der Waals surface area contributed by atoms with Gasteiger partial charge in [0.2, 0.25) is 0 Å². The van der Waals surface area contributed by atoms with Gasteiger partial charge in [0.25, 0.3) is 5.91 Å². The molecule has 32 heavy (non-hydrogen) atoms. The van der Waals surface area contributed by atoms with Gasteiger partial charge in [-0.1, -0.05) is 13.0 Å². The van der Waals surface area contributed by atoms with E-state index in [1.807, 2.05) is 6.92 Å². The van der Waals surface area contributed by atoms with E-state index >= 15 is 0 Å². The van der Waals surface area contributed by atoms with Crippen LogP contribution >= 0.6 is 22.7 Å². The Bertz CT molecular complexity index is 1020. The summed E-state index contributed by atoms with van der Waals surface area (Å²) < 4.78 is 10.5. The number of nitrogens with one attached hydrogen (secondary N) is 1. The summed E-state index contributed by atoms with van der Waals surface area (Å²) in [6.45, 7) is 5.99. The molecule has 1 amide bonds. The zero-order chi connectivity index (χ0) is 22.5. The summed E-state index contributed by atoms with van der Waals surface area (Å²) in [7, 11) is 0. The maximum absolute atomic E-state index is 12.7. The van der Waals surface area contributed by atoms with Crippen LogP contribution in [-0.2, 0) is 16.0 Å². The lowest BCUT2D eigenvalue weighted by Crippen LogP contribution is -2.39. The Labute approximate surface area is 196 Å². The number of rotatable bonds is 8. The first-order chi connectivity index (χ1) is 15.6. The van der Waals surface area contributed by atoms with Crippen molar-refractivity contribution in [2.75, 3.05) is 25.0 Å². The van der Waals surface area contributed by atoms with Crippen LogP contribution in [0.15, 0.2) is 46.4 Å². The monoisotopic (exact) mass is 472 g/mol. The number of carbonyl (C=O) groups excluding carboxylic acids is 2. The third-order valence-electron chi connectivity index (χ3n) is 5.75. The van der Waals surface area contributed by atoms with Crippen molar-refractivity contribution in [3.05, 3.63) is 63.1 Å². The van der Waals surface area contributed by atoms with E-state index in [-0.39, 0.29) is 23.8 Å². The molecule has 1 aliphatic rings. The number of carbonyl (C=O) groups is 2. The van der Waals surface area contributed by atoms with Crippen molar-refractivity contribution in [3.8, 4) is 0 Å². The van der Waals surface area contributed by atoms with Crippen LogP contribution in [0.2, 0.25) is 0 Å². The van der Waals surface area contributed by atoms with Crippen molar-refractivity contribution in [2.45, 2.75) is 39.2 Å². The summed E-state index contributed by atoms with van der Waals surface area (Å²) >= 11 is 3.33. The minimum Gasteiger partial charge on any atom is -0.466 e. The number of piperidine rings is 1. The van der Waals surface area contributed by atoms with Crippen molar-refractivity contribution in [3.63, 3.8) is 0 Å². The van der Waals surface area contributed by atoms with Crippen molar-refractivity contribution in [2.24, 2.45) is 5.92 Å². The number of thiophene rings is 2. The fourth-order valence-corrected chi connectivity index (χ4v) is 6.04. The van der Waals surface area contributed by atoms with E-state index < -0.39 is 0 Å². The van der Waals surface area contributed by atoms with E-state index in [1.165, 1.54) is 16.0 Å². The number of amides is 1. The Morgan fingerprint density at radius 2 is 2.06 bits per heavy atom. The fraction of sp³-hybridized carbons (Fsp3) is 0.417. The van der Waals surface area contributed by atoms with Crippen LogP contribution < -0.4 is 5.32 Å². The van der Waals surface area contributed by atoms with Gasteiger partial charge in [0.05, 0.1) is 24.8 Å². The molecule has 4 heterocycles. The minimum atomic E-state index is -0.244. The van der Waals surface area contributed by atoms with Gasteiger partial charge in [0.1, 0.15) is 5.00 Å². The van der Waals surface area contributed by atoms with Crippen LogP contribution in [0.3, 0.4) is 0 Å². The van der Waals surface area contributed by atoms with Gasteiger partial charge in [-0.05, 0) is 68.9 Å². The van der Waals surface area contributed by atoms with Crippen LogP contribution in [0.1, 0.15) is 58.6 Å². The van der Waals surface area contributed by atoms with Gasteiger partial charge in [-0.2, -0.15) is 0 Å². The van der Waals surface area contributed by atoms with Crippen LogP contribution in [-0.4, -0.2) is 36.5 Å². The van der Waals surface area contributed by atoms with E-state index in [9.17, 15) is 9.59 Å². The molecular formula is C24H28N2O4S2. The number of hydrogen-bond acceptors (Lipinski definition) is 7. The Balaban J connectivity index is 1.61. The van der Waals surface area contributed by atoms with E-state index in [1.54, 1.807) is 34.8 Å². The van der Waals surface area contributed by atoms with Gasteiger partial charge in [-0.25, -0.2) is 0 Å². The number of anilines is 1. The highest BCUT2D eigenvalue weighted by Gasteiger charge is 2.33. The van der Waals surface area contributed by atoms with E-state index in [0.717, 1.165) is 42.9 Å². The molecule has 0 spiro atoms. The largest absolute Gasteiger partial charge is 0.466 e. The molecule has 1 aliphatic heterocycles. The topological polar surface area (TPSA) is 71.8 Å². The fourth-order valence-electron chi connectivity index (χ4n) is 4.14. The van der Waals surface area contributed by atoms with Crippen LogP contribution in [0.5, 0.6) is 0 Å².